The lowest BCUT2D eigenvalue weighted by Gasteiger charge is -2.18. The topological polar surface area (TPSA) is 27.7 Å². The molecule has 1 atom stereocenters. The van der Waals surface area contributed by atoms with E-state index in [0.717, 1.165) is 24.1 Å². The van der Waals surface area contributed by atoms with Gasteiger partial charge in [0.15, 0.2) is 0 Å². The summed E-state index contributed by atoms with van der Waals surface area (Å²) in [5.41, 5.74) is 2.58. The van der Waals surface area contributed by atoms with Crippen LogP contribution >= 0.6 is 22.6 Å². The van der Waals surface area contributed by atoms with Gasteiger partial charge in [0.2, 0.25) is 0 Å². The lowest BCUT2D eigenvalue weighted by atomic mass is 10.0. The zero-order chi connectivity index (χ0) is 13.9. The van der Waals surface area contributed by atoms with Gasteiger partial charge in [0.05, 0.1) is 19.3 Å². The molecule has 19 heavy (non-hydrogen) atoms. The molecule has 4 heteroatoms. The van der Waals surface area contributed by atoms with E-state index < -0.39 is 0 Å². The van der Waals surface area contributed by atoms with Crippen LogP contribution in [0.1, 0.15) is 23.7 Å². The smallest absolute Gasteiger partial charge is 0.0916 e. The minimum absolute atomic E-state index is 0.181. The lowest BCUT2D eigenvalue weighted by Crippen LogP contribution is -2.11. The molecule has 108 valence electrons. The highest BCUT2D eigenvalue weighted by Gasteiger charge is 2.12. The van der Waals surface area contributed by atoms with Crippen LogP contribution < -0.4 is 0 Å². The summed E-state index contributed by atoms with van der Waals surface area (Å²) in [4.78, 5) is 0. The summed E-state index contributed by atoms with van der Waals surface area (Å²) in [5.74, 6) is 0. The van der Waals surface area contributed by atoms with Crippen LogP contribution in [0.15, 0.2) is 24.3 Å². The number of hydrogen-bond acceptors (Lipinski definition) is 3. The Bertz CT molecular complexity index is 344. The summed E-state index contributed by atoms with van der Waals surface area (Å²) in [6.45, 7) is 4.90. The number of hydrogen-bond donors (Lipinski definition) is 0. The third kappa shape index (κ3) is 6.70. The number of methoxy groups -OCH3 is 1. The molecule has 3 nitrogen and oxygen atoms in total. The lowest BCUT2D eigenvalue weighted by molar-refractivity contribution is 0.0319. The van der Waals surface area contributed by atoms with E-state index in [1.54, 1.807) is 7.11 Å². The molecule has 0 N–H and O–H groups in total. The van der Waals surface area contributed by atoms with Gasteiger partial charge in [-0.15, -0.1) is 0 Å². The summed E-state index contributed by atoms with van der Waals surface area (Å²) in [6, 6.07) is 8.41. The number of benzene rings is 1. The van der Waals surface area contributed by atoms with E-state index in [0.29, 0.717) is 13.2 Å². The van der Waals surface area contributed by atoms with Gasteiger partial charge in [0, 0.05) is 24.8 Å². The van der Waals surface area contributed by atoms with Gasteiger partial charge in [-0.05, 0) is 24.5 Å². The molecule has 1 rings (SSSR count). The second-order valence-corrected chi connectivity index (χ2v) is 5.21. The molecule has 0 bridgehead atoms. The summed E-state index contributed by atoms with van der Waals surface area (Å²) in [7, 11) is 1.68. The monoisotopic (exact) mass is 378 g/mol. The van der Waals surface area contributed by atoms with E-state index >= 15 is 0 Å². The van der Waals surface area contributed by atoms with Gasteiger partial charge < -0.3 is 14.2 Å². The molecule has 0 aromatic heterocycles. The van der Waals surface area contributed by atoms with E-state index in [1.807, 2.05) is 0 Å². The van der Waals surface area contributed by atoms with E-state index in [9.17, 15) is 0 Å². The Labute approximate surface area is 129 Å². The van der Waals surface area contributed by atoms with Crippen molar-refractivity contribution >= 4 is 22.6 Å². The van der Waals surface area contributed by atoms with E-state index in [-0.39, 0.29) is 6.10 Å². The summed E-state index contributed by atoms with van der Waals surface area (Å²) >= 11 is 2.38. The SMILES string of the molecule is COCCOCCCOC(CI)c1ccccc1C. The molecule has 1 aromatic carbocycles. The summed E-state index contributed by atoms with van der Waals surface area (Å²) < 4.78 is 17.2. The fourth-order valence-electron chi connectivity index (χ4n) is 1.80. The highest BCUT2D eigenvalue weighted by atomic mass is 127. The molecule has 0 aliphatic heterocycles. The second kappa shape index (κ2) is 10.6. The van der Waals surface area contributed by atoms with Crippen LogP contribution in [0.3, 0.4) is 0 Å². The van der Waals surface area contributed by atoms with E-state index in [4.69, 9.17) is 14.2 Å². The Balaban J connectivity index is 2.24. The molecule has 0 spiro atoms. The second-order valence-electron chi connectivity index (χ2n) is 4.33. The highest BCUT2D eigenvalue weighted by Crippen LogP contribution is 2.23. The van der Waals surface area contributed by atoms with Crippen LogP contribution in [0.2, 0.25) is 0 Å². The van der Waals surface area contributed by atoms with Gasteiger partial charge >= 0.3 is 0 Å². The van der Waals surface area contributed by atoms with Crippen molar-refractivity contribution in [1.29, 1.82) is 0 Å². The molecule has 0 amide bonds. The van der Waals surface area contributed by atoms with Gasteiger partial charge in [-0.2, -0.15) is 0 Å². The molecule has 0 aliphatic rings. The molecule has 0 fully saturated rings. The number of alkyl halides is 1. The van der Waals surface area contributed by atoms with Crippen LogP contribution in [-0.4, -0.2) is 38.0 Å². The predicted octanol–water partition coefficient (Wildman–Crippen LogP) is 3.54. The first-order valence-electron chi connectivity index (χ1n) is 6.59. The van der Waals surface area contributed by atoms with Crippen molar-refractivity contribution < 1.29 is 14.2 Å². The van der Waals surface area contributed by atoms with Crippen LogP contribution in [0.25, 0.3) is 0 Å². The maximum Gasteiger partial charge on any atom is 0.0916 e. The normalized spacial score (nSPS) is 12.6. The third-order valence-corrected chi connectivity index (χ3v) is 3.66. The Morgan fingerprint density at radius 3 is 2.58 bits per heavy atom. The van der Waals surface area contributed by atoms with Crippen molar-refractivity contribution in [3.05, 3.63) is 35.4 Å². The molecular weight excluding hydrogens is 355 g/mol. The van der Waals surface area contributed by atoms with Crippen LogP contribution in [-0.2, 0) is 14.2 Å². The first kappa shape index (κ1) is 16.9. The van der Waals surface area contributed by atoms with Crippen LogP contribution in [0.5, 0.6) is 0 Å². The summed E-state index contributed by atoms with van der Waals surface area (Å²) in [5, 5.41) is 0. The quantitative estimate of drug-likeness (QED) is 0.354. The molecule has 0 heterocycles. The Kier molecular flexibility index (Phi) is 9.42. The molecule has 0 radical (unpaired) electrons. The van der Waals surface area contributed by atoms with Gasteiger partial charge in [-0.1, -0.05) is 46.9 Å². The van der Waals surface area contributed by atoms with Gasteiger partial charge in [0.1, 0.15) is 0 Å². The maximum atomic E-state index is 5.95. The zero-order valence-corrected chi connectivity index (χ0v) is 13.9. The van der Waals surface area contributed by atoms with Crippen LogP contribution in [0.4, 0.5) is 0 Å². The van der Waals surface area contributed by atoms with Gasteiger partial charge in [-0.25, -0.2) is 0 Å². The number of rotatable bonds is 10. The fourth-order valence-corrected chi connectivity index (χ4v) is 2.53. The van der Waals surface area contributed by atoms with Crippen molar-refractivity contribution in [3.8, 4) is 0 Å². The molecule has 1 unspecified atom stereocenters. The number of halogens is 1. The Morgan fingerprint density at radius 2 is 1.89 bits per heavy atom. The molecule has 0 saturated heterocycles. The summed E-state index contributed by atoms with van der Waals surface area (Å²) in [6.07, 6.45) is 1.10. The molecule has 0 saturated carbocycles. The van der Waals surface area contributed by atoms with Gasteiger partial charge in [-0.3, -0.25) is 0 Å². The van der Waals surface area contributed by atoms with Crippen molar-refractivity contribution in [1.82, 2.24) is 0 Å². The standard InChI is InChI=1S/C15H23IO3/c1-13-6-3-4-7-14(13)15(12-16)19-9-5-8-18-11-10-17-2/h3-4,6-7,15H,5,8-12H2,1-2H3. The van der Waals surface area contributed by atoms with Crippen molar-refractivity contribution in [3.63, 3.8) is 0 Å². The number of aryl methyl sites for hydroxylation is 1. The highest BCUT2D eigenvalue weighted by molar-refractivity contribution is 14.1. The average Bonchev–Trinajstić information content (AvgIpc) is 2.43. The number of ether oxygens (including phenoxy) is 3. The van der Waals surface area contributed by atoms with Gasteiger partial charge in [0.25, 0.3) is 0 Å². The van der Waals surface area contributed by atoms with Crippen molar-refractivity contribution in [2.75, 3.05) is 38.0 Å². The predicted molar refractivity (Wildman–Crippen MR) is 86.1 cm³/mol. The third-order valence-electron chi connectivity index (χ3n) is 2.86. The molecule has 0 aliphatic carbocycles. The minimum atomic E-state index is 0.181. The largest absolute Gasteiger partial charge is 0.382 e. The minimum Gasteiger partial charge on any atom is -0.382 e. The first-order valence-corrected chi connectivity index (χ1v) is 8.12. The maximum absolute atomic E-state index is 5.95. The molecular formula is C15H23IO3. The molecule has 1 aromatic rings. The zero-order valence-electron chi connectivity index (χ0n) is 11.7. The Morgan fingerprint density at radius 1 is 1.11 bits per heavy atom. The van der Waals surface area contributed by atoms with E-state index in [2.05, 4.69) is 53.8 Å². The average molecular weight is 378 g/mol. The van der Waals surface area contributed by atoms with E-state index in [1.165, 1.54) is 11.1 Å². The Hall–Kier alpha value is -0.170. The van der Waals surface area contributed by atoms with Crippen molar-refractivity contribution in [2.45, 2.75) is 19.4 Å². The van der Waals surface area contributed by atoms with Crippen molar-refractivity contribution in [2.24, 2.45) is 0 Å². The van der Waals surface area contributed by atoms with Crippen LogP contribution in [0, 0.1) is 6.92 Å². The fraction of sp³-hybridized carbons (Fsp3) is 0.600. The first-order chi connectivity index (χ1) is 9.29.